The maximum Gasteiger partial charge on any atom is 0.324 e. The maximum atomic E-state index is 12.9. The Hall–Kier alpha value is -4.00. The molecule has 1 amide bonds. The van der Waals surface area contributed by atoms with Gasteiger partial charge in [0.25, 0.3) is 0 Å². The Morgan fingerprint density at radius 3 is 2.24 bits per heavy atom. The summed E-state index contributed by atoms with van der Waals surface area (Å²) in [5.41, 5.74) is 5.71. The van der Waals surface area contributed by atoms with Crippen molar-refractivity contribution in [3.05, 3.63) is 89.5 Å². The van der Waals surface area contributed by atoms with Crippen molar-refractivity contribution >= 4 is 21.9 Å². The van der Waals surface area contributed by atoms with Crippen LogP contribution in [0.25, 0.3) is 11.1 Å². The molecule has 3 aromatic rings. The number of aliphatic carboxylic acids is 1. The maximum absolute atomic E-state index is 12.9. The number of carbonyl (C=O) groups is 2. The van der Waals surface area contributed by atoms with Crippen LogP contribution in [-0.4, -0.2) is 30.9 Å². The fourth-order valence-corrected chi connectivity index (χ4v) is 4.78. The van der Waals surface area contributed by atoms with Gasteiger partial charge in [-0.3, -0.25) is 9.59 Å². The van der Waals surface area contributed by atoms with Crippen LogP contribution in [0, 0.1) is 11.3 Å². The zero-order valence-corrected chi connectivity index (χ0v) is 18.5. The smallest absolute Gasteiger partial charge is 0.324 e. The third-order valence-corrected chi connectivity index (χ3v) is 6.76. The zero-order chi connectivity index (χ0) is 24.2. The fraction of sp³-hybridized carbons (Fsp3) is 0.125. The predicted molar refractivity (Wildman–Crippen MR) is 122 cm³/mol. The molecule has 1 atom stereocenters. The molecule has 0 spiro atoms. The second-order valence-corrected chi connectivity index (χ2v) is 9.34. The van der Waals surface area contributed by atoms with Crippen molar-refractivity contribution in [1.29, 1.82) is 5.26 Å². The molecule has 8 nitrogen and oxygen atoms in total. The standard InChI is InChI=1S/C24H21N3O5S/c1-24(23(29)30,27-33(31,32)20-5-3-2-4-6-20)14-19-13-18(22(26)28)11-12-21(19)17-9-7-16(15-25)8-10-17/h2-13,27H,14H2,1H3,(H2,26,28)(H,29,30)/t24-/m0/s1. The summed E-state index contributed by atoms with van der Waals surface area (Å²) in [5.74, 6) is -2.10. The van der Waals surface area contributed by atoms with Gasteiger partial charge in [-0.2, -0.15) is 9.98 Å². The van der Waals surface area contributed by atoms with Crippen molar-refractivity contribution in [1.82, 2.24) is 4.72 Å². The Morgan fingerprint density at radius 1 is 1.06 bits per heavy atom. The van der Waals surface area contributed by atoms with Gasteiger partial charge in [0.15, 0.2) is 0 Å². The summed E-state index contributed by atoms with van der Waals surface area (Å²) in [7, 11) is -4.15. The molecule has 0 aromatic heterocycles. The van der Waals surface area contributed by atoms with Crippen molar-refractivity contribution in [2.75, 3.05) is 0 Å². The van der Waals surface area contributed by atoms with E-state index >= 15 is 0 Å². The molecular formula is C24H21N3O5S. The lowest BCUT2D eigenvalue weighted by Crippen LogP contribution is -2.53. The molecule has 168 valence electrons. The number of sulfonamides is 1. The minimum Gasteiger partial charge on any atom is -0.480 e. The van der Waals surface area contributed by atoms with E-state index in [9.17, 15) is 23.1 Å². The van der Waals surface area contributed by atoms with Gasteiger partial charge in [0.2, 0.25) is 15.9 Å². The zero-order valence-electron chi connectivity index (χ0n) is 17.6. The summed E-state index contributed by atoms with van der Waals surface area (Å²) in [4.78, 5) is 23.9. The van der Waals surface area contributed by atoms with Crippen LogP contribution >= 0.6 is 0 Å². The molecule has 0 saturated heterocycles. The van der Waals surface area contributed by atoms with Gasteiger partial charge < -0.3 is 10.8 Å². The average molecular weight is 464 g/mol. The summed E-state index contributed by atoms with van der Waals surface area (Å²) in [6.07, 6.45) is -0.273. The number of amides is 1. The van der Waals surface area contributed by atoms with Crippen molar-refractivity contribution in [2.45, 2.75) is 23.8 Å². The van der Waals surface area contributed by atoms with Crippen LogP contribution in [0.15, 0.2) is 77.7 Å². The molecule has 0 heterocycles. The summed E-state index contributed by atoms with van der Waals surface area (Å²) >= 11 is 0. The normalized spacial score (nSPS) is 13.0. The molecule has 0 saturated carbocycles. The number of hydrogen-bond donors (Lipinski definition) is 3. The van der Waals surface area contributed by atoms with Gasteiger partial charge in [-0.15, -0.1) is 0 Å². The molecule has 0 bridgehead atoms. The highest BCUT2D eigenvalue weighted by Crippen LogP contribution is 2.29. The number of nitrogens with one attached hydrogen (secondary N) is 1. The quantitative estimate of drug-likeness (QED) is 0.467. The van der Waals surface area contributed by atoms with Gasteiger partial charge >= 0.3 is 5.97 Å². The summed E-state index contributed by atoms with van der Waals surface area (Å²) in [6, 6.07) is 20.6. The van der Waals surface area contributed by atoms with Gasteiger partial charge in [0.1, 0.15) is 5.54 Å². The number of nitrogens with zero attached hydrogens (tertiary/aromatic N) is 1. The van der Waals surface area contributed by atoms with E-state index in [1.165, 1.54) is 43.3 Å². The highest BCUT2D eigenvalue weighted by atomic mass is 32.2. The van der Waals surface area contributed by atoms with E-state index in [1.54, 1.807) is 36.4 Å². The minimum absolute atomic E-state index is 0.0734. The number of rotatable bonds is 8. The van der Waals surface area contributed by atoms with Crippen LogP contribution in [0.3, 0.4) is 0 Å². The first-order valence-electron chi connectivity index (χ1n) is 9.81. The number of nitrogens with two attached hydrogens (primary N) is 1. The van der Waals surface area contributed by atoms with E-state index < -0.39 is 27.4 Å². The van der Waals surface area contributed by atoms with Crippen LogP contribution < -0.4 is 10.5 Å². The Morgan fingerprint density at radius 2 is 1.70 bits per heavy atom. The number of carbonyl (C=O) groups excluding carboxylic acids is 1. The SMILES string of the molecule is C[C@@](Cc1cc(C(N)=O)ccc1-c1ccc(C#N)cc1)(NS(=O)(=O)c1ccccc1)C(=O)O. The molecule has 3 aromatic carbocycles. The van der Waals surface area contributed by atoms with E-state index in [0.717, 1.165) is 0 Å². The molecule has 3 rings (SSSR count). The van der Waals surface area contributed by atoms with Gasteiger partial charge in [-0.25, -0.2) is 8.42 Å². The van der Waals surface area contributed by atoms with Crippen LogP contribution in [0.5, 0.6) is 0 Å². The van der Waals surface area contributed by atoms with Crippen molar-refractivity contribution in [3.8, 4) is 17.2 Å². The monoisotopic (exact) mass is 463 g/mol. The number of carboxylic acid groups (broad SMARTS) is 1. The van der Waals surface area contributed by atoms with Gasteiger partial charge in [-0.1, -0.05) is 36.4 Å². The Kier molecular flexibility index (Phi) is 6.62. The average Bonchev–Trinajstić information content (AvgIpc) is 2.79. The summed E-state index contributed by atoms with van der Waals surface area (Å²) in [6.45, 7) is 1.26. The largest absolute Gasteiger partial charge is 0.480 e. The minimum atomic E-state index is -4.15. The Balaban J connectivity index is 2.08. The van der Waals surface area contributed by atoms with Crippen molar-refractivity contribution in [2.24, 2.45) is 5.73 Å². The van der Waals surface area contributed by atoms with Gasteiger partial charge in [0.05, 0.1) is 16.5 Å². The fourth-order valence-electron chi connectivity index (χ4n) is 3.39. The first kappa shape index (κ1) is 23.7. The van der Waals surface area contributed by atoms with E-state index in [1.807, 2.05) is 6.07 Å². The number of benzene rings is 3. The van der Waals surface area contributed by atoms with Crippen molar-refractivity contribution < 1.29 is 23.1 Å². The molecule has 0 aliphatic heterocycles. The second kappa shape index (κ2) is 9.24. The van der Waals surface area contributed by atoms with E-state index in [2.05, 4.69) is 4.72 Å². The van der Waals surface area contributed by atoms with E-state index in [4.69, 9.17) is 11.0 Å². The summed E-state index contributed by atoms with van der Waals surface area (Å²) in [5, 5.41) is 19.0. The van der Waals surface area contributed by atoms with E-state index in [0.29, 0.717) is 22.3 Å². The van der Waals surface area contributed by atoms with Crippen LogP contribution in [0.4, 0.5) is 0 Å². The van der Waals surface area contributed by atoms with E-state index in [-0.39, 0.29) is 16.9 Å². The van der Waals surface area contributed by atoms with Crippen molar-refractivity contribution in [3.63, 3.8) is 0 Å². The number of carboxylic acids is 1. The topological polar surface area (TPSA) is 150 Å². The lowest BCUT2D eigenvalue weighted by Gasteiger charge is -2.27. The number of primary amides is 1. The van der Waals surface area contributed by atoms with Crippen LogP contribution in [0.2, 0.25) is 0 Å². The number of nitriles is 1. The molecule has 33 heavy (non-hydrogen) atoms. The second-order valence-electron chi connectivity index (χ2n) is 7.66. The first-order valence-corrected chi connectivity index (χ1v) is 11.3. The summed E-state index contributed by atoms with van der Waals surface area (Å²) < 4.78 is 28.0. The molecule has 0 aliphatic carbocycles. The molecule has 9 heteroatoms. The first-order chi connectivity index (χ1) is 15.6. The lowest BCUT2D eigenvalue weighted by atomic mass is 9.87. The third kappa shape index (κ3) is 5.26. The Labute approximate surface area is 191 Å². The highest BCUT2D eigenvalue weighted by Gasteiger charge is 2.39. The third-order valence-electron chi connectivity index (χ3n) is 5.14. The van der Waals surface area contributed by atoms with Crippen LogP contribution in [0.1, 0.15) is 28.4 Å². The lowest BCUT2D eigenvalue weighted by molar-refractivity contribution is -0.143. The van der Waals surface area contributed by atoms with Gasteiger partial charge in [-0.05, 0) is 60.0 Å². The molecule has 0 aliphatic rings. The predicted octanol–water partition coefficient (Wildman–Crippen LogP) is 2.69. The molecule has 4 N–H and O–H groups in total. The molecule has 0 radical (unpaired) electrons. The van der Waals surface area contributed by atoms with Crippen LogP contribution in [-0.2, 0) is 21.2 Å². The number of hydrogen-bond acceptors (Lipinski definition) is 5. The molecular weight excluding hydrogens is 442 g/mol. The molecule has 0 unspecified atom stereocenters. The Bertz CT molecular complexity index is 1350. The molecule has 0 fully saturated rings. The highest BCUT2D eigenvalue weighted by molar-refractivity contribution is 7.89. The van der Waals surface area contributed by atoms with Gasteiger partial charge in [0, 0.05) is 12.0 Å².